The second-order valence-corrected chi connectivity index (χ2v) is 3.18. The van der Waals surface area contributed by atoms with Gasteiger partial charge in [-0.25, -0.2) is 0 Å². The molecule has 0 amide bonds. The van der Waals surface area contributed by atoms with Crippen molar-refractivity contribution in [3.05, 3.63) is 47.7 Å². The van der Waals surface area contributed by atoms with Crippen molar-refractivity contribution in [2.45, 2.75) is 13.0 Å². The zero-order valence-electron chi connectivity index (χ0n) is 9.55. The van der Waals surface area contributed by atoms with Crippen molar-refractivity contribution < 1.29 is 9.84 Å². The van der Waals surface area contributed by atoms with Crippen molar-refractivity contribution in [1.29, 1.82) is 5.26 Å². The Labute approximate surface area is 101 Å². The summed E-state index contributed by atoms with van der Waals surface area (Å²) in [5, 5.41) is 18.4. The maximum atomic E-state index is 9.65. The van der Waals surface area contributed by atoms with Crippen molar-refractivity contribution in [3.63, 3.8) is 0 Å². The van der Waals surface area contributed by atoms with E-state index < -0.39 is 6.10 Å². The first kappa shape index (κ1) is 12.8. The second-order valence-electron chi connectivity index (χ2n) is 3.18. The minimum absolute atomic E-state index is 0.107. The first-order chi connectivity index (χ1) is 8.27. The molecule has 0 bridgehead atoms. The number of aliphatic hydroxyl groups excluding tert-OH is 1. The van der Waals surface area contributed by atoms with Crippen LogP contribution in [-0.4, -0.2) is 17.8 Å². The van der Waals surface area contributed by atoms with E-state index in [0.29, 0.717) is 6.61 Å². The third-order valence-electron chi connectivity index (χ3n) is 1.93. The Morgan fingerprint density at radius 1 is 1.47 bits per heavy atom. The number of hydrogen-bond donors (Lipinski definition) is 1. The van der Waals surface area contributed by atoms with E-state index in [-0.39, 0.29) is 5.57 Å². The summed E-state index contributed by atoms with van der Waals surface area (Å²) in [6, 6.07) is 11.1. The van der Waals surface area contributed by atoms with Gasteiger partial charge in [-0.2, -0.15) is 5.26 Å². The molecule has 0 spiro atoms. The smallest absolute Gasteiger partial charge is 0.153 e. The zero-order chi connectivity index (χ0) is 12.5. The summed E-state index contributed by atoms with van der Waals surface area (Å²) in [4.78, 5) is 0. The van der Waals surface area contributed by atoms with Crippen LogP contribution in [0.5, 0.6) is 0 Å². The number of nitriles is 1. The van der Waals surface area contributed by atoms with Gasteiger partial charge in [0, 0.05) is 5.56 Å². The van der Waals surface area contributed by atoms with E-state index in [1.165, 1.54) is 6.26 Å². The third kappa shape index (κ3) is 4.42. The highest BCUT2D eigenvalue weighted by molar-refractivity contribution is 5.39. The molecule has 1 aromatic carbocycles. The van der Waals surface area contributed by atoms with Crippen molar-refractivity contribution in [2.24, 2.45) is 0 Å². The van der Waals surface area contributed by atoms with Gasteiger partial charge in [-0.05, 0) is 19.1 Å². The van der Waals surface area contributed by atoms with Crippen molar-refractivity contribution in [2.75, 3.05) is 6.61 Å². The maximum absolute atomic E-state index is 9.65. The van der Waals surface area contributed by atoms with Gasteiger partial charge < -0.3 is 9.84 Å². The molecule has 86 valence electrons. The predicted molar refractivity (Wildman–Crippen MR) is 64.6 cm³/mol. The molecule has 17 heavy (non-hydrogen) atoms. The molecule has 3 nitrogen and oxygen atoms in total. The van der Waals surface area contributed by atoms with Gasteiger partial charge in [0.15, 0.2) is 6.10 Å². The molecule has 1 aromatic rings. The highest BCUT2D eigenvalue weighted by Crippen LogP contribution is 2.02. The van der Waals surface area contributed by atoms with Crippen LogP contribution in [0, 0.1) is 23.2 Å². The van der Waals surface area contributed by atoms with Gasteiger partial charge in [-0.1, -0.05) is 30.0 Å². The van der Waals surface area contributed by atoms with E-state index in [2.05, 4.69) is 11.8 Å². The molecule has 0 radical (unpaired) electrons. The maximum Gasteiger partial charge on any atom is 0.153 e. The van der Waals surface area contributed by atoms with Crippen LogP contribution in [0.3, 0.4) is 0 Å². The Morgan fingerprint density at radius 3 is 2.76 bits per heavy atom. The molecule has 0 saturated heterocycles. The van der Waals surface area contributed by atoms with E-state index in [1.54, 1.807) is 6.92 Å². The molecule has 3 heteroatoms. The fraction of sp³-hybridized carbons (Fsp3) is 0.214. The van der Waals surface area contributed by atoms with Crippen molar-refractivity contribution >= 4 is 0 Å². The number of aliphatic hydroxyl groups is 1. The van der Waals surface area contributed by atoms with Gasteiger partial charge in [0.05, 0.1) is 6.61 Å². The molecule has 0 aliphatic heterocycles. The van der Waals surface area contributed by atoms with E-state index in [0.717, 1.165) is 5.56 Å². The molecular formula is C14H13NO2. The Morgan fingerprint density at radius 2 is 2.18 bits per heavy atom. The van der Waals surface area contributed by atoms with Crippen LogP contribution >= 0.6 is 0 Å². The minimum Gasteiger partial charge on any atom is -0.500 e. The largest absolute Gasteiger partial charge is 0.500 e. The number of hydrogen-bond acceptors (Lipinski definition) is 3. The highest BCUT2D eigenvalue weighted by Gasteiger charge is 2.06. The minimum atomic E-state index is -1.12. The van der Waals surface area contributed by atoms with Crippen LogP contribution in [0.25, 0.3) is 0 Å². The molecule has 1 rings (SSSR count). The van der Waals surface area contributed by atoms with E-state index in [4.69, 9.17) is 10.00 Å². The number of ether oxygens (including phenoxy) is 1. The lowest BCUT2D eigenvalue weighted by Crippen LogP contribution is -2.06. The molecule has 1 atom stereocenters. The zero-order valence-corrected chi connectivity index (χ0v) is 9.55. The van der Waals surface area contributed by atoms with E-state index in [1.807, 2.05) is 36.4 Å². The summed E-state index contributed by atoms with van der Waals surface area (Å²) < 4.78 is 4.95. The summed E-state index contributed by atoms with van der Waals surface area (Å²) in [7, 11) is 0. The molecule has 0 saturated carbocycles. The fourth-order valence-corrected chi connectivity index (χ4v) is 1.08. The average Bonchev–Trinajstić information content (AvgIpc) is 2.38. The van der Waals surface area contributed by atoms with Gasteiger partial charge in [0.25, 0.3) is 0 Å². The number of benzene rings is 1. The Bertz CT molecular complexity index is 474. The monoisotopic (exact) mass is 227 g/mol. The van der Waals surface area contributed by atoms with Crippen LogP contribution in [0.1, 0.15) is 12.5 Å². The molecule has 0 aliphatic carbocycles. The summed E-state index contributed by atoms with van der Waals surface area (Å²) in [5.74, 6) is 5.38. The number of nitrogens with zero attached hydrogens (tertiary/aromatic N) is 1. The highest BCUT2D eigenvalue weighted by atomic mass is 16.5. The van der Waals surface area contributed by atoms with E-state index in [9.17, 15) is 5.11 Å². The summed E-state index contributed by atoms with van der Waals surface area (Å²) in [5.41, 5.74) is 0.899. The lowest BCUT2D eigenvalue weighted by Gasteiger charge is -2.01. The van der Waals surface area contributed by atoms with Crippen LogP contribution < -0.4 is 0 Å². The van der Waals surface area contributed by atoms with Crippen LogP contribution in [-0.2, 0) is 4.74 Å². The topological polar surface area (TPSA) is 53.2 Å². The molecule has 0 aromatic heterocycles. The standard InChI is InChI=1S/C14H13NO2/c1-2-17-11-13(10-15)14(16)9-8-12-6-4-3-5-7-12/h3-7,11,14,16H,2H2,1H3. The van der Waals surface area contributed by atoms with Gasteiger partial charge in [-0.3, -0.25) is 0 Å². The second kappa shape index (κ2) is 7.11. The Kier molecular flexibility index (Phi) is 5.37. The summed E-state index contributed by atoms with van der Waals surface area (Å²) in [6.45, 7) is 2.25. The Hall–Kier alpha value is -2.23. The van der Waals surface area contributed by atoms with Gasteiger partial charge in [0.2, 0.25) is 0 Å². The van der Waals surface area contributed by atoms with Crippen LogP contribution in [0.4, 0.5) is 0 Å². The normalized spacial score (nSPS) is 11.9. The SMILES string of the molecule is CCOC=C(C#N)C(O)C#Cc1ccccc1. The van der Waals surface area contributed by atoms with Crippen LogP contribution in [0.15, 0.2) is 42.2 Å². The van der Waals surface area contributed by atoms with Crippen molar-refractivity contribution in [1.82, 2.24) is 0 Å². The number of rotatable bonds is 3. The average molecular weight is 227 g/mol. The summed E-state index contributed by atoms with van der Waals surface area (Å²) >= 11 is 0. The van der Waals surface area contributed by atoms with Gasteiger partial charge in [-0.15, -0.1) is 0 Å². The predicted octanol–water partition coefficient (Wildman–Crippen LogP) is 1.84. The Balaban J connectivity index is 2.75. The molecule has 0 heterocycles. The van der Waals surface area contributed by atoms with E-state index >= 15 is 0 Å². The summed E-state index contributed by atoms with van der Waals surface area (Å²) in [6.07, 6.45) is 0.122. The van der Waals surface area contributed by atoms with Gasteiger partial charge >= 0.3 is 0 Å². The van der Waals surface area contributed by atoms with Crippen LogP contribution in [0.2, 0.25) is 0 Å². The quantitative estimate of drug-likeness (QED) is 0.487. The van der Waals surface area contributed by atoms with Crippen molar-refractivity contribution in [3.8, 4) is 17.9 Å². The molecule has 1 unspecified atom stereocenters. The first-order valence-electron chi connectivity index (χ1n) is 5.24. The molecule has 1 N–H and O–H groups in total. The molecule has 0 fully saturated rings. The lowest BCUT2D eigenvalue weighted by molar-refractivity contribution is 0.241. The van der Waals surface area contributed by atoms with Gasteiger partial charge in [0.1, 0.15) is 17.9 Å². The first-order valence-corrected chi connectivity index (χ1v) is 5.24. The molecular weight excluding hydrogens is 214 g/mol. The fourth-order valence-electron chi connectivity index (χ4n) is 1.08. The third-order valence-corrected chi connectivity index (χ3v) is 1.93. The lowest BCUT2D eigenvalue weighted by atomic mass is 10.1. The molecule has 0 aliphatic rings.